The lowest BCUT2D eigenvalue weighted by atomic mass is 10.2. The van der Waals surface area contributed by atoms with E-state index in [0.717, 1.165) is 0 Å². The Balaban J connectivity index is 2.23. The van der Waals surface area contributed by atoms with Gasteiger partial charge in [0.25, 0.3) is 0 Å². The zero-order chi connectivity index (χ0) is 14.7. The zero-order valence-electron chi connectivity index (χ0n) is 9.92. The van der Waals surface area contributed by atoms with Crippen LogP contribution < -0.4 is 5.32 Å². The van der Waals surface area contributed by atoms with Gasteiger partial charge in [-0.3, -0.25) is 0 Å². The average molecular weight is 281 g/mol. The van der Waals surface area contributed by atoms with Crippen molar-refractivity contribution in [1.29, 1.82) is 5.26 Å². The van der Waals surface area contributed by atoms with Crippen LogP contribution in [0.4, 0.5) is 23.4 Å². The Hall–Kier alpha value is -2.62. The largest absolute Gasteiger partial charge is 0.366 e. The number of hydrogen-bond donors (Lipinski definition) is 1. The van der Waals surface area contributed by atoms with E-state index in [2.05, 4.69) is 10.3 Å². The first-order valence-corrected chi connectivity index (χ1v) is 5.46. The summed E-state index contributed by atoms with van der Waals surface area (Å²) in [5.41, 5.74) is -0.533. The van der Waals surface area contributed by atoms with Crippen molar-refractivity contribution in [2.75, 3.05) is 5.32 Å². The Kier molecular flexibility index (Phi) is 3.84. The average Bonchev–Trinajstić information content (AvgIpc) is 2.45. The van der Waals surface area contributed by atoms with E-state index >= 15 is 0 Å². The van der Waals surface area contributed by atoms with Gasteiger partial charge in [0.2, 0.25) is 0 Å². The van der Waals surface area contributed by atoms with E-state index in [0.29, 0.717) is 0 Å². The van der Waals surface area contributed by atoms with Gasteiger partial charge in [0, 0.05) is 18.2 Å². The molecule has 20 heavy (non-hydrogen) atoms. The predicted octanol–water partition coefficient (Wildman–Crippen LogP) is 3.12. The Morgan fingerprint density at radius 1 is 1.10 bits per heavy atom. The van der Waals surface area contributed by atoms with Gasteiger partial charge in [0.15, 0.2) is 17.5 Å². The molecule has 0 amide bonds. The number of rotatable bonds is 3. The monoisotopic (exact) mass is 281 g/mol. The van der Waals surface area contributed by atoms with Gasteiger partial charge in [0.1, 0.15) is 23.4 Å². The van der Waals surface area contributed by atoms with Crippen LogP contribution in [0.3, 0.4) is 0 Å². The van der Waals surface area contributed by atoms with Gasteiger partial charge in [-0.15, -0.1) is 0 Å². The molecule has 102 valence electrons. The Morgan fingerprint density at radius 2 is 1.85 bits per heavy atom. The summed E-state index contributed by atoms with van der Waals surface area (Å²) < 4.78 is 52.6. The molecule has 0 saturated heterocycles. The van der Waals surface area contributed by atoms with Crippen LogP contribution >= 0.6 is 0 Å². The van der Waals surface area contributed by atoms with Gasteiger partial charge in [-0.25, -0.2) is 22.5 Å². The van der Waals surface area contributed by atoms with Crippen LogP contribution in [0.1, 0.15) is 11.3 Å². The number of anilines is 1. The molecule has 0 bridgehead atoms. The van der Waals surface area contributed by atoms with E-state index in [1.807, 2.05) is 0 Å². The fourth-order valence-corrected chi connectivity index (χ4v) is 1.54. The van der Waals surface area contributed by atoms with Crippen molar-refractivity contribution in [2.24, 2.45) is 0 Å². The van der Waals surface area contributed by atoms with E-state index in [1.54, 1.807) is 6.07 Å². The molecule has 0 aliphatic heterocycles. The first-order valence-electron chi connectivity index (χ1n) is 5.46. The Labute approximate surface area is 111 Å². The van der Waals surface area contributed by atoms with Crippen molar-refractivity contribution in [1.82, 2.24) is 4.98 Å². The number of nitriles is 1. The maximum Gasteiger partial charge on any atom is 0.194 e. The quantitative estimate of drug-likeness (QED) is 0.534. The molecule has 0 aliphatic carbocycles. The highest BCUT2D eigenvalue weighted by atomic mass is 19.2. The highest BCUT2D eigenvalue weighted by Gasteiger charge is 2.18. The number of halogens is 4. The van der Waals surface area contributed by atoms with Gasteiger partial charge < -0.3 is 5.32 Å². The van der Waals surface area contributed by atoms with Gasteiger partial charge >= 0.3 is 0 Å². The zero-order valence-corrected chi connectivity index (χ0v) is 9.92. The number of benzene rings is 1. The van der Waals surface area contributed by atoms with Crippen molar-refractivity contribution in [3.05, 3.63) is 58.8 Å². The summed E-state index contributed by atoms with van der Waals surface area (Å²) in [6.07, 6.45) is 0. The second-order valence-corrected chi connectivity index (χ2v) is 3.82. The molecule has 0 unspecified atom stereocenters. The van der Waals surface area contributed by atoms with Crippen LogP contribution in [0, 0.1) is 34.6 Å². The van der Waals surface area contributed by atoms with E-state index in [-0.39, 0.29) is 17.6 Å². The summed E-state index contributed by atoms with van der Waals surface area (Å²) in [4.78, 5) is 3.82. The van der Waals surface area contributed by atoms with E-state index in [9.17, 15) is 17.6 Å². The summed E-state index contributed by atoms with van der Waals surface area (Å²) in [5.74, 6) is -5.93. The Bertz CT molecular complexity index is 695. The van der Waals surface area contributed by atoms with Crippen LogP contribution in [0.5, 0.6) is 0 Å². The van der Waals surface area contributed by atoms with Gasteiger partial charge in [-0.1, -0.05) is 6.07 Å². The molecule has 0 spiro atoms. The van der Waals surface area contributed by atoms with Crippen LogP contribution in [0.25, 0.3) is 0 Å². The van der Waals surface area contributed by atoms with E-state index < -0.39 is 35.4 Å². The molecule has 7 heteroatoms. The Morgan fingerprint density at radius 3 is 2.55 bits per heavy atom. The molecular weight excluding hydrogens is 274 g/mol. The summed E-state index contributed by atoms with van der Waals surface area (Å²) in [6, 6.07) is 6.51. The lowest BCUT2D eigenvalue weighted by Crippen LogP contribution is -2.09. The molecule has 3 nitrogen and oxygen atoms in total. The molecule has 2 rings (SSSR count). The maximum atomic E-state index is 13.4. The fraction of sp³-hybridized carbons (Fsp3) is 0.0769. The minimum atomic E-state index is -1.73. The lowest BCUT2D eigenvalue weighted by molar-refractivity contribution is 0.426. The summed E-state index contributed by atoms with van der Waals surface area (Å²) in [6.45, 7) is -0.434. The van der Waals surface area contributed by atoms with Gasteiger partial charge in [-0.05, 0) is 12.1 Å². The summed E-state index contributed by atoms with van der Waals surface area (Å²) in [5, 5.41) is 11.2. The highest BCUT2D eigenvalue weighted by molar-refractivity contribution is 5.39. The van der Waals surface area contributed by atoms with Crippen molar-refractivity contribution in [3.8, 4) is 6.07 Å². The van der Waals surface area contributed by atoms with Crippen molar-refractivity contribution >= 4 is 5.82 Å². The molecular formula is C13H7F4N3. The topological polar surface area (TPSA) is 48.7 Å². The second kappa shape index (κ2) is 5.57. The molecule has 0 aliphatic rings. The normalized spacial score (nSPS) is 10.2. The first kappa shape index (κ1) is 13.8. The van der Waals surface area contributed by atoms with E-state index in [1.165, 1.54) is 18.2 Å². The van der Waals surface area contributed by atoms with Gasteiger partial charge in [-0.2, -0.15) is 5.26 Å². The van der Waals surface area contributed by atoms with E-state index in [4.69, 9.17) is 5.26 Å². The molecule has 1 heterocycles. The third kappa shape index (κ3) is 2.69. The molecule has 1 aromatic heterocycles. The molecule has 1 aromatic carbocycles. The van der Waals surface area contributed by atoms with Crippen LogP contribution in [0.2, 0.25) is 0 Å². The second-order valence-electron chi connectivity index (χ2n) is 3.82. The SMILES string of the molecule is N#Cc1cccc(NCc2c(F)cc(F)c(F)c2F)n1. The smallest absolute Gasteiger partial charge is 0.194 e. The van der Waals surface area contributed by atoms with Crippen LogP contribution in [-0.2, 0) is 6.54 Å². The highest BCUT2D eigenvalue weighted by Crippen LogP contribution is 2.20. The minimum Gasteiger partial charge on any atom is -0.366 e. The number of aromatic nitrogens is 1. The van der Waals surface area contributed by atoms with Crippen LogP contribution in [-0.4, -0.2) is 4.98 Å². The standard InChI is InChI=1S/C13H7F4N3/c14-9-4-10(15)13(17)12(16)8(9)6-19-11-3-1-2-7(5-18)20-11/h1-4H,6H2,(H,19,20). The maximum absolute atomic E-state index is 13.4. The lowest BCUT2D eigenvalue weighted by Gasteiger charge is -2.09. The molecule has 1 N–H and O–H groups in total. The van der Waals surface area contributed by atoms with Crippen molar-refractivity contribution in [3.63, 3.8) is 0 Å². The molecule has 0 fully saturated rings. The number of pyridine rings is 1. The van der Waals surface area contributed by atoms with Crippen molar-refractivity contribution in [2.45, 2.75) is 6.54 Å². The predicted molar refractivity (Wildman–Crippen MR) is 62.6 cm³/mol. The summed E-state index contributed by atoms with van der Waals surface area (Å²) >= 11 is 0. The first-order chi connectivity index (χ1) is 9.52. The molecule has 0 saturated carbocycles. The number of nitrogens with one attached hydrogen (secondary N) is 1. The summed E-state index contributed by atoms with van der Waals surface area (Å²) in [7, 11) is 0. The van der Waals surface area contributed by atoms with Gasteiger partial charge in [0.05, 0.1) is 0 Å². The van der Waals surface area contributed by atoms with Crippen molar-refractivity contribution < 1.29 is 17.6 Å². The number of hydrogen-bond acceptors (Lipinski definition) is 3. The fourth-order valence-electron chi connectivity index (χ4n) is 1.54. The molecule has 0 radical (unpaired) electrons. The third-order valence-corrected chi connectivity index (χ3v) is 2.52. The minimum absolute atomic E-state index is 0.112. The molecule has 2 aromatic rings. The number of nitrogens with zero attached hydrogens (tertiary/aromatic N) is 2. The third-order valence-electron chi connectivity index (χ3n) is 2.52. The van der Waals surface area contributed by atoms with Crippen LogP contribution in [0.15, 0.2) is 24.3 Å². The molecule has 0 atom stereocenters.